The first-order valence-corrected chi connectivity index (χ1v) is 11.5. The second kappa shape index (κ2) is 8.36. The fraction of sp³-hybridized carbons (Fsp3) is 0.391. The second-order valence-corrected chi connectivity index (χ2v) is 8.87. The maximum atomic E-state index is 13.3. The van der Waals surface area contributed by atoms with E-state index >= 15 is 0 Å². The van der Waals surface area contributed by atoms with Crippen molar-refractivity contribution in [2.75, 3.05) is 39.4 Å². The average molecular weight is 437 g/mol. The Morgan fingerprint density at radius 1 is 1.10 bits per heavy atom. The first-order valence-electron chi connectivity index (χ1n) is 10.6. The number of pyridine rings is 1. The van der Waals surface area contributed by atoms with Crippen molar-refractivity contribution >= 4 is 34.1 Å². The summed E-state index contributed by atoms with van der Waals surface area (Å²) in [7, 11) is 0. The number of benzene rings is 1. The van der Waals surface area contributed by atoms with Crippen LogP contribution in [-0.4, -0.2) is 71.0 Å². The summed E-state index contributed by atoms with van der Waals surface area (Å²) in [6.45, 7) is 5.49. The molecular weight excluding hydrogens is 412 g/mol. The Morgan fingerprint density at radius 2 is 1.90 bits per heavy atom. The third-order valence-electron chi connectivity index (χ3n) is 6.10. The third-order valence-corrected chi connectivity index (χ3v) is 7.01. The monoisotopic (exact) mass is 436 g/mol. The SMILES string of the molecule is Cc1ncsc1C(=O)N1CC[C@H](c2cc(C(=O)N3CCOCC3)c3ccccc3n2)C1. The van der Waals surface area contributed by atoms with Crippen LogP contribution < -0.4 is 0 Å². The molecule has 1 aromatic carbocycles. The molecule has 8 heteroatoms. The van der Waals surface area contributed by atoms with Gasteiger partial charge in [-0.25, -0.2) is 4.98 Å². The maximum absolute atomic E-state index is 13.3. The zero-order chi connectivity index (χ0) is 21.4. The fourth-order valence-corrected chi connectivity index (χ4v) is 5.13. The van der Waals surface area contributed by atoms with Gasteiger partial charge in [-0.15, -0.1) is 11.3 Å². The molecular formula is C23H24N4O3S. The van der Waals surface area contributed by atoms with Crippen LogP contribution in [0.3, 0.4) is 0 Å². The van der Waals surface area contributed by atoms with E-state index in [2.05, 4.69) is 4.98 Å². The Balaban J connectivity index is 1.44. The summed E-state index contributed by atoms with van der Waals surface area (Å²) in [5.74, 6) is 0.167. The summed E-state index contributed by atoms with van der Waals surface area (Å²) in [5, 5.41) is 0.869. The van der Waals surface area contributed by atoms with E-state index in [1.165, 1.54) is 11.3 Å². The lowest BCUT2D eigenvalue weighted by Crippen LogP contribution is -2.40. The molecule has 1 atom stereocenters. The van der Waals surface area contributed by atoms with Gasteiger partial charge < -0.3 is 14.5 Å². The molecule has 4 heterocycles. The molecule has 5 rings (SSSR count). The van der Waals surface area contributed by atoms with E-state index < -0.39 is 0 Å². The Hall–Kier alpha value is -2.84. The lowest BCUT2D eigenvalue weighted by molar-refractivity contribution is 0.0304. The van der Waals surface area contributed by atoms with Crippen LogP contribution in [0.4, 0.5) is 0 Å². The van der Waals surface area contributed by atoms with Gasteiger partial charge in [-0.05, 0) is 25.5 Å². The van der Waals surface area contributed by atoms with Gasteiger partial charge in [0.05, 0.1) is 35.5 Å². The van der Waals surface area contributed by atoms with Crippen molar-refractivity contribution in [1.29, 1.82) is 0 Å². The molecule has 2 saturated heterocycles. The molecule has 7 nitrogen and oxygen atoms in total. The quantitative estimate of drug-likeness (QED) is 0.631. The van der Waals surface area contributed by atoms with Gasteiger partial charge in [-0.1, -0.05) is 18.2 Å². The first-order chi connectivity index (χ1) is 15.1. The van der Waals surface area contributed by atoms with Crippen LogP contribution >= 0.6 is 11.3 Å². The largest absolute Gasteiger partial charge is 0.378 e. The van der Waals surface area contributed by atoms with Crippen molar-refractivity contribution in [3.05, 3.63) is 57.7 Å². The van der Waals surface area contributed by atoms with E-state index in [0.29, 0.717) is 49.8 Å². The zero-order valence-electron chi connectivity index (χ0n) is 17.4. The van der Waals surface area contributed by atoms with Crippen LogP contribution in [0.5, 0.6) is 0 Å². The van der Waals surface area contributed by atoms with E-state index in [1.807, 2.05) is 47.1 Å². The highest BCUT2D eigenvalue weighted by Crippen LogP contribution is 2.31. The minimum atomic E-state index is 0.0226. The van der Waals surface area contributed by atoms with Crippen LogP contribution in [0.25, 0.3) is 10.9 Å². The number of hydrogen-bond acceptors (Lipinski definition) is 6. The number of fused-ring (bicyclic) bond motifs is 1. The van der Waals surface area contributed by atoms with Gasteiger partial charge in [0.1, 0.15) is 4.88 Å². The number of thiazole rings is 1. The topological polar surface area (TPSA) is 75.6 Å². The minimum Gasteiger partial charge on any atom is -0.378 e. The molecule has 0 radical (unpaired) electrons. The number of nitrogens with zero attached hydrogens (tertiary/aromatic N) is 4. The molecule has 2 fully saturated rings. The standard InChI is InChI=1S/C23H24N4O3S/c1-15-21(31-14-24-15)23(29)27-7-6-16(13-27)20-12-18(17-4-2-3-5-19(17)25-20)22(28)26-8-10-30-11-9-26/h2-5,12,14,16H,6-11,13H2,1H3/t16-/m0/s1. The zero-order valence-corrected chi connectivity index (χ0v) is 18.2. The Bertz CT molecular complexity index is 1140. The predicted octanol–water partition coefficient (Wildman–Crippen LogP) is 3.10. The summed E-state index contributed by atoms with van der Waals surface area (Å²) < 4.78 is 5.40. The number of hydrogen-bond donors (Lipinski definition) is 0. The second-order valence-electron chi connectivity index (χ2n) is 8.02. The Morgan fingerprint density at radius 3 is 2.68 bits per heavy atom. The van der Waals surface area contributed by atoms with Crippen molar-refractivity contribution in [3.63, 3.8) is 0 Å². The lowest BCUT2D eigenvalue weighted by Gasteiger charge is -2.27. The van der Waals surface area contributed by atoms with Gasteiger partial charge in [-0.3, -0.25) is 14.6 Å². The van der Waals surface area contributed by atoms with Crippen molar-refractivity contribution in [3.8, 4) is 0 Å². The maximum Gasteiger partial charge on any atom is 0.265 e. The van der Waals surface area contributed by atoms with Crippen molar-refractivity contribution in [2.45, 2.75) is 19.3 Å². The van der Waals surface area contributed by atoms with Crippen molar-refractivity contribution in [2.24, 2.45) is 0 Å². The van der Waals surface area contributed by atoms with Crippen molar-refractivity contribution in [1.82, 2.24) is 19.8 Å². The molecule has 0 bridgehead atoms. The smallest absolute Gasteiger partial charge is 0.265 e. The van der Waals surface area contributed by atoms with Crippen LogP contribution in [0.2, 0.25) is 0 Å². The number of ether oxygens (including phenoxy) is 1. The number of aryl methyl sites for hydroxylation is 1. The molecule has 0 unspecified atom stereocenters. The number of likely N-dealkylation sites (tertiary alicyclic amines) is 1. The number of aromatic nitrogens is 2. The number of carbonyl (C=O) groups excluding carboxylic acids is 2. The number of para-hydroxylation sites is 1. The molecule has 0 N–H and O–H groups in total. The van der Waals surface area contributed by atoms with E-state index in [0.717, 1.165) is 28.7 Å². The number of amides is 2. The van der Waals surface area contributed by atoms with Gasteiger partial charge in [0.25, 0.3) is 11.8 Å². The molecule has 2 aromatic heterocycles. The van der Waals surface area contributed by atoms with E-state index in [1.54, 1.807) is 5.51 Å². The van der Waals surface area contributed by atoms with Crippen LogP contribution in [0, 0.1) is 6.92 Å². The molecule has 2 aliphatic heterocycles. The molecule has 0 spiro atoms. The van der Waals surface area contributed by atoms with Gasteiger partial charge in [0.2, 0.25) is 0 Å². The first kappa shape index (κ1) is 20.1. The van der Waals surface area contributed by atoms with Crippen LogP contribution in [-0.2, 0) is 4.74 Å². The summed E-state index contributed by atoms with van der Waals surface area (Å²) in [6.07, 6.45) is 0.833. The molecule has 0 saturated carbocycles. The molecule has 2 amide bonds. The van der Waals surface area contributed by atoms with Gasteiger partial charge >= 0.3 is 0 Å². The summed E-state index contributed by atoms with van der Waals surface area (Å²) in [5.41, 5.74) is 4.88. The highest BCUT2D eigenvalue weighted by atomic mass is 32.1. The van der Waals surface area contributed by atoms with E-state index in [9.17, 15) is 9.59 Å². The number of rotatable bonds is 3. The van der Waals surface area contributed by atoms with Crippen LogP contribution in [0.1, 0.15) is 43.8 Å². The lowest BCUT2D eigenvalue weighted by atomic mass is 9.99. The molecule has 2 aliphatic rings. The average Bonchev–Trinajstić information content (AvgIpc) is 3.47. The van der Waals surface area contributed by atoms with Crippen molar-refractivity contribution < 1.29 is 14.3 Å². The molecule has 160 valence electrons. The van der Waals surface area contributed by atoms with Gasteiger partial charge in [0, 0.05) is 43.2 Å². The summed E-state index contributed by atoms with van der Waals surface area (Å²) >= 11 is 1.39. The fourth-order valence-electron chi connectivity index (χ4n) is 4.36. The van der Waals surface area contributed by atoms with E-state index in [4.69, 9.17) is 9.72 Å². The Labute approximate surface area is 184 Å². The predicted molar refractivity (Wildman–Crippen MR) is 119 cm³/mol. The van der Waals surface area contributed by atoms with E-state index in [-0.39, 0.29) is 17.7 Å². The molecule has 31 heavy (non-hydrogen) atoms. The summed E-state index contributed by atoms with van der Waals surface area (Å²) in [6, 6.07) is 9.73. The highest BCUT2D eigenvalue weighted by Gasteiger charge is 2.31. The normalized spacial score (nSPS) is 19.2. The van der Waals surface area contributed by atoms with Crippen LogP contribution in [0.15, 0.2) is 35.8 Å². The van der Waals surface area contributed by atoms with Gasteiger partial charge in [0.15, 0.2) is 0 Å². The number of carbonyl (C=O) groups is 2. The molecule has 3 aromatic rings. The number of morpholine rings is 1. The highest BCUT2D eigenvalue weighted by molar-refractivity contribution is 7.11. The third kappa shape index (κ3) is 3.81. The minimum absolute atomic E-state index is 0.0226. The molecule has 0 aliphatic carbocycles. The summed E-state index contributed by atoms with van der Waals surface area (Å²) in [4.78, 5) is 39.7. The Kier molecular flexibility index (Phi) is 5.41. The van der Waals surface area contributed by atoms with Gasteiger partial charge in [-0.2, -0.15) is 0 Å².